The molecule has 0 aliphatic carbocycles. The van der Waals surface area contributed by atoms with E-state index in [1.807, 2.05) is 14.1 Å². The highest BCUT2D eigenvalue weighted by Crippen LogP contribution is 2.18. The normalized spacial score (nSPS) is 22.8. The van der Waals surface area contributed by atoms with E-state index in [1.165, 1.54) is 11.1 Å². The summed E-state index contributed by atoms with van der Waals surface area (Å²) in [5, 5.41) is 15.5. The Labute approximate surface area is 132 Å². The number of nitrogens with zero attached hydrogens (tertiary/aromatic N) is 1. The number of β-amino-alcohol motifs (C(OH)–C–C–N with tert-alkyl or cyclic N) is 1. The fraction of sp³-hybridized carbons (Fsp3) is 0.588. The van der Waals surface area contributed by atoms with Gasteiger partial charge in [0.2, 0.25) is 5.91 Å². The van der Waals surface area contributed by atoms with Crippen molar-refractivity contribution in [2.75, 3.05) is 27.2 Å². The van der Waals surface area contributed by atoms with E-state index in [0.717, 1.165) is 6.42 Å². The number of likely N-dealkylation sites (N-methyl/N-ethyl adjacent to an activating group) is 1. The van der Waals surface area contributed by atoms with Gasteiger partial charge in [-0.1, -0.05) is 31.2 Å². The van der Waals surface area contributed by atoms with E-state index < -0.39 is 6.10 Å². The van der Waals surface area contributed by atoms with Crippen LogP contribution in [0.1, 0.15) is 30.5 Å². The molecule has 22 heavy (non-hydrogen) atoms. The minimum atomic E-state index is -0.415. The van der Waals surface area contributed by atoms with Crippen molar-refractivity contribution < 1.29 is 9.90 Å². The zero-order valence-electron chi connectivity index (χ0n) is 13.7. The Hall–Kier alpha value is -1.43. The molecule has 5 nitrogen and oxygen atoms in total. The van der Waals surface area contributed by atoms with Crippen molar-refractivity contribution in [3.63, 3.8) is 0 Å². The molecule has 1 saturated heterocycles. The van der Waals surface area contributed by atoms with Crippen molar-refractivity contribution in [2.24, 2.45) is 0 Å². The zero-order chi connectivity index (χ0) is 16.1. The van der Waals surface area contributed by atoms with Gasteiger partial charge in [-0.05, 0) is 38.1 Å². The lowest BCUT2D eigenvalue weighted by Gasteiger charge is -2.26. The van der Waals surface area contributed by atoms with Gasteiger partial charge < -0.3 is 20.6 Å². The molecule has 1 aliphatic heterocycles. The summed E-state index contributed by atoms with van der Waals surface area (Å²) < 4.78 is 0. The molecular formula is C17H27N3O2. The van der Waals surface area contributed by atoms with E-state index in [1.54, 1.807) is 0 Å². The van der Waals surface area contributed by atoms with Crippen LogP contribution in [-0.4, -0.2) is 55.2 Å². The first-order chi connectivity index (χ1) is 10.5. The van der Waals surface area contributed by atoms with Gasteiger partial charge in [-0.3, -0.25) is 4.79 Å². The fourth-order valence-electron chi connectivity index (χ4n) is 2.81. The third kappa shape index (κ3) is 4.29. The Balaban J connectivity index is 1.95. The van der Waals surface area contributed by atoms with Crippen molar-refractivity contribution in [1.82, 2.24) is 15.5 Å². The molecule has 1 fully saturated rings. The van der Waals surface area contributed by atoms with Gasteiger partial charge in [-0.25, -0.2) is 0 Å². The zero-order valence-corrected chi connectivity index (χ0v) is 13.7. The van der Waals surface area contributed by atoms with Crippen LogP contribution in [0.4, 0.5) is 0 Å². The Bertz CT molecular complexity index is 487. The van der Waals surface area contributed by atoms with Crippen LogP contribution in [0.5, 0.6) is 0 Å². The topological polar surface area (TPSA) is 64.6 Å². The quantitative estimate of drug-likeness (QED) is 0.723. The van der Waals surface area contributed by atoms with Crippen LogP contribution < -0.4 is 10.6 Å². The predicted molar refractivity (Wildman–Crippen MR) is 87.7 cm³/mol. The van der Waals surface area contributed by atoms with Crippen LogP contribution in [0.25, 0.3) is 0 Å². The van der Waals surface area contributed by atoms with Gasteiger partial charge in [0, 0.05) is 13.1 Å². The summed E-state index contributed by atoms with van der Waals surface area (Å²) in [6.07, 6.45) is 1.10. The molecular weight excluding hydrogens is 278 g/mol. The molecule has 0 saturated carbocycles. The highest BCUT2D eigenvalue weighted by Gasteiger charge is 2.28. The van der Waals surface area contributed by atoms with Crippen molar-refractivity contribution >= 4 is 5.91 Å². The molecule has 1 aromatic carbocycles. The lowest BCUT2D eigenvalue weighted by molar-refractivity contribution is -0.123. The van der Waals surface area contributed by atoms with Gasteiger partial charge in [0.25, 0.3) is 0 Å². The number of aliphatic hydroxyl groups is 1. The number of carbonyl (C=O) groups is 1. The first kappa shape index (κ1) is 16.9. The number of amides is 1. The smallest absolute Gasteiger partial charge is 0.237 e. The molecule has 0 unspecified atom stereocenters. The summed E-state index contributed by atoms with van der Waals surface area (Å²) in [6, 6.07) is 8.41. The summed E-state index contributed by atoms with van der Waals surface area (Å²) in [6.45, 7) is 3.20. The average Bonchev–Trinajstić information content (AvgIpc) is 2.94. The van der Waals surface area contributed by atoms with Crippen LogP contribution in [0.15, 0.2) is 24.3 Å². The van der Waals surface area contributed by atoms with Crippen LogP contribution in [0.2, 0.25) is 0 Å². The molecule has 0 spiro atoms. The Kier molecular flexibility index (Phi) is 5.94. The van der Waals surface area contributed by atoms with Crippen molar-refractivity contribution in [2.45, 2.75) is 38.0 Å². The lowest BCUT2D eigenvalue weighted by atomic mass is 10.0. The highest BCUT2D eigenvalue weighted by molar-refractivity contribution is 5.82. The molecule has 1 aliphatic rings. The number of hydrogen-bond acceptors (Lipinski definition) is 4. The van der Waals surface area contributed by atoms with Gasteiger partial charge in [0.15, 0.2) is 0 Å². The Morgan fingerprint density at radius 3 is 2.59 bits per heavy atom. The molecule has 0 radical (unpaired) electrons. The van der Waals surface area contributed by atoms with Gasteiger partial charge in [0.05, 0.1) is 18.2 Å². The monoisotopic (exact) mass is 305 g/mol. The fourth-order valence-corrected chi connectivity index (χ4v) is 2.81. The third-order valence-corrected chi connectivity index (χ3v) is 4.29. The molecule has 2 rings (SSSR count). The number of aryl methyl sites for hydroxylation is 1. The maximum absolute atomic E-state index is 12.1. The summed E-state index contributed by atoms with van der Waals surface area (Å²) >= 11 is 0. The average molecular weight is 305 g/mol. The second kappa shape index (κ2) is 7.72. The van der Waals surface area contributed by atoms with E-state index in [2.05, 4.69) is 46.7 Å². The Morgan fingerprint density at radius 1 is 1.41 bits per heavy atom. The van der Waals surface area contributed by atoms with Crippen molar-refractivity contribution in [1.29, 1.82) is 0 Å². The molecule has 122 valence electrons. The number of carbonyl (C=O) groups excluding carboxylic acids is 1. The molecule has 0 bridgehead atoms. The maximum Gasteiger partial charge on any atom is 0.237 e. The van der Waals surface area contributed by atoms with Crippen LogP contribution >= 0.6 is 0 Å². The van der Waals surface area contributed by atoms with Crippen LogP contribution in [-0.2, 0) is 11.2 Å². The number of benzene rings is 1. The maximum atomic E-state index is 12.1. The first-order valence-electron chi connectivity index (χ1n) is 7.95. The van der Waals surface area contributed by atoms with E-state index in [0.29, 0.717) is 19.5 Å². The molecule has 3 atom stereocenters. The second-order valence-corrected chi connectivity index (χ2v) is 6.17. The molecule has 5 heteroatoms. The SMILES string of the molecule is CCc1ccc([C@H](CNC(=O)[C@H]2C[C@@H](O)CN2)N(C)C)cc1. The second-order valence-electron chi connectivity index (χ2n) is 6.17. The molecule has 1 amide bonds. The van der Waals surface area contributed by atoms with E-state index in [-0.39, 0.29) is 18.0 Å². The standard InChI is InChI=1S/C17H27N3O2/c1-4-12-5-7-13(8-6-12)16(20(2)3)11-19-17(22)15-9-14(21)10-18-15/h5-8,14-16,18,21H,4,9-11H2,1-3H3,(H,19,22)/t14-,15-,16+/m1/s1. The first-order valence-corrected chi connectivity index (χ1v) is 7.95. The summed E-state index contributed by atoms with van der Waals surface area (Å²) in [5.41, 5.74) is 2.51. The van der Waals surface area contributed by atoms with E-state index in [9.17, 15) is 9.90 Å². The number of rotatable bonds is 6. The number of aliphatic hydroxyl groups excluding tert-OH is 1. The van der Waals surface area contributed by atoms with Crippen molar-refractivity contribution in [3.8, 4) is 0 Å². The minimum absolute atomic E-state index is 0.0337. The highest BCUT2D eigenvalue weighted by atomic mass is 16.3. The number of nitrogens with one attached hydrogen (secondary N) is 2. The molecule has 0 aromatic heterocycles. The number of hydrogen-bond donors (Lipinski definition) is 3. The van der Waals surface area contributed by atoms with Gasteiger partial charge in [0.1, 0.15) is 0 Å². The van der Waals surface area contributed by atoms with Gasteiger partial charge in [-0.2, -0.15) is 0 Å². The summed E-state index contributed by atoms with van der Waals surface area (Å²) in [5.74, 6) is -0.0337. The predicted octanol–water partition coefficient (Wildman–Crippen LogP) is 0.691. The van der Waals surface area contributed by atoms with E-state index >= 15 is 0 Å². The summed E-state index contributed by atoms with van der Waals surface area (Å²) in [4.78, 5) is 14.3. The van der Waals surface area contributed by atoms with Crippen molar-refractivity contribution in [3.05, 3.63) is 35.4 Å². The molecule has 1 aromatic rings. The lowest BCUT2D eigenvalue weighted by Crippen LogP contribution is -2.43. The van der Waals surface area contributed by atoms with E-state index in [4.69, 9.17) is 0 Å². The van der Waals surface area contributed by atoms with Crippen LogP contribution in [0.3, 0.4) is 0 Å². The largest absolute Gasteiger partial charge is 0.392 e. The van der Waals surface area contributed by atoms with Crippen LogP contribution in [0, 0.1) is 0 Å². The molecule has 1 heterocycles. The van der Waals surface area contributed by atoms with Gasteiger partial charge in [-0.15, -0.1) is 0 Å². The Morgan fingerprint density at radius 2 is 2.09 bits per heavy atom. The summed E-state index contributed by atoms with van der Waals surface area (Å²) in [7, 11) is 4.03. The van der Waals surface area contributed by atoms with Gasteiger partial charge >= 0.3 is 0 Å². The third-order valence-electron chi connectivity index (χ3n) is 4.29. The minimum Gasteiger partial charge on any atom is -0.392 e. The molecule has 3 N–H and O–H groups in total.